The van der Waals surface area contributed by atoms with Crippen LogP contribution in [0.3, 0.4) is 0 Å². The van der Waals surface area contributed by atoms with Crippen molar-refractivity contribution >= 4 is 5.78 Å². The number of rotatable bonds is 3. The predicted octanol–water partition coefficient (Wildman–Crippen LogP) is 2.94. The predicted molar refractivity (Wildman–Crippen MR) is 60.9 cm³/mol. The zero-order valence-corrected chi connectivity index (χ0v) is 9.58. The number of para-hydroxylation sites is 1. The van der Waals surface area contributed by atoms with Gasteiger partial charge in [-0.15, -0.1) is 0 Å². The minimum atomic E-state index is -0.287. The van der Waals surface area contributed by atoms with Gasteiger partial charge in [-0.05, 0) is 18.1 Å². The maximum atomic E-state index is 11.7. The second kappa shape index (κ2) is 4.47. The first-order valence-corrected chi connectivity index (χ1v) is 5.21. The molecule has 0 unspecified atom stereocenters. The summed E-state index contributed by atoms with van der Waals surface area (Å²) >= 11 is 0. The van der Waals surface area contributed by atoms with Crippen molar-refractivity contribution in [1.29, 1.82) is 0 Å². The van der Waals surface area contributed by atoms with Gasteiger partial charge in [0.1, 0.15) is 11.5 Å². The van der Waals surface area contributed by atoms with Crippen LogP contribution >= 0.6 is 0 Å². The summed E-state index contributed by atoms with van der Waals surface area (Å²) in [5.41, 5.74) is 0.555. The molecule has 2 heteroatoms. The molecule has 0 aromatic heterocycles. The van der Waals surface area contributed by atoms with Crippen LogP contribution in [0.4, 0.5) is 0 Å². The van der Waals surface area contributed by atoms with E-state index in [1.54, 1.807) is 12.1 Å². The highest BCUT2D eigenvalue weighted by Gasteiger charge is 2.20. The molecule has 1 aromatic carbocycles. The third-order valence-corrected chi connectivity index (χ3v) is 2.45. The molecule has 1 rings (SSSR count). The molecular weight excluding hydrogens is 188 g/mol. The second-order valence-corrected chi connectivity index (χ2v) is 4.80. The quantitative estimate of drug-likeness (QED) is 0.825. The van der Waals surface area contributed by atoms with Crippen LogP contribution in [0, 0.1) is 5.41 Å². The Morgan fingerprint density at radius 1 is 1.27 bits per heavy atom. The number of carbonyl (C=O) groups excluding carboxylic acids is 1. The molecule has 0 heterocycles. The van der Waals surface area contributed by atoms with Crippen molar-refractivity contribution in [3.63, 3.8) is 0 Å². The van der Waals surface area contributed by atoms with E-state index >= 15 is 0 Å². The summed E-state index contributed by atoms with van der Waals surface area (Å²) in [5.74, 6) is 0.505. The number of phenols is 1. The Hall–Kier alpha value is -1.31. The van der Waals surface area contributed by atoms with Crippen molar-refractivity contribution < 1.29 is 9.90 Å². The molecule has 1 N–H and O–H groups in total. The maximum absolute atomic E-state index is 11.7. The highest BCUT2D eigenvalue weighted by molar-refractivity contribution is 5.83. The molecule has 0 aliphatic rings. The number of ketones is 1. The van der Waals surface area contributed by atoms with Gasteiger partial charge in [0.2, 0.25) is 0 Å². The molecule has 0 radical (unpaired) electrons. The van der Waals surface area contributed by atoms with E-state index in [9.17, 15) is 9.90 Å². The Balaban J connectivity index is 2.59. The van der Waals surface area contributed by atoms with Gasteiger partial charge in [0.25, 0.3) is 0 Å². The van der Waals surface area contributed by atoms with Crippen LogP contribution < -0.4 is 0 Å². The molecule has 0 saturated heterocycles. The molecule has 0 bridgehead atoms. The van der Waals surface area contributed by atoms with Crippen molar-refractivity contribution in [2.75, 3.05) is 0 Å². The van der Waals surface area contributed by atoms with E-state index < -0.39 is 0 Å². The fourth-order valence-electron chi connectivity index (χ4n) is 1.35. The van der Waals surface area contributed by atoms with Crippen LogP contribution in [0.5, 0.6) is 5.75 Å². The van der Waals surface area contributed by atoms with Crippen LogP contribution in [0.2, 0.25) is 0 Å². The van der Waals surface area contributed by atoms with Gasteiger partial charge in [0.15, 0.2) is 0 Å². The average Bonchev–Trinajstić information content (AvgIpc) is 2.14. The summed E-state index contributed by atoms with van der Waals surface area (Å²) in [6.45, 7) is 5.75. The van der Waals surface area contributed by atoms with Gasteiger partial charge in [-0.25, -0.2) is 0 Å². The minimum absolute atomic E-state index is 0.228. The van der Waals surface area contributed by atoms with E-state index in [2.05, 4.69) is 0 Å². The Labute approximate surface area is 90.9 Å². The van der Waals surface area contributed by atoms with E-state index in [1.807, 2.05) is 32.9 Å². The lowest BCUT2D eigenvalue weighted by Gasteiger charge is -2.16. The lowest BCUT2D eigenvalue weighted by Crippen LogP contribution is -2.20. The Bertz CT molecular complexity index is 348. The zero-order chi connectivity index (χ0) is 11.5. The van der Waals surface area contributed by atoms with Gasteiger partial charge in [-0.1, -0.05) is 39.0 Å². The average molecular weight is 206 g/mol. The Morgan fingerprint density at radius 2 is 1.87 bits per heavy atom. The lowest BCUT2D eigenvalue weighted by molar-refractivity contribution is -0.126. The van der Waals surface area contributed by atoms with Gasteiger partial charge in [0.05, 0.1) is 0 Å². The van der Waals surface area contributed by atoms with Crippen molar-refractivity contribution in [3.05, 3.63) is 29.8 Å². The normalized spacial score (nSPS) is 11.4. The summed E-state index contributed by atoms with van der Waals surface area (Å²) in [7, 11) is 0. The van der Waals surface area contributed by atoms with Gasteiger partial charge >= 0.3 is 0 Å². The van der Waals surface area contributed by atoms with Crippen molar-refractivity contribution in [1.82, 2.24) is 0 Å². The van der Waals surface area contributed by atoms with E-state index in [1.165, 1.54) is 0 Å². The lowest BCUT2D eigenvalue weighted by atomic mass is 9.87. The van der Waals surface area contributed by atoms with Gasteiger partial charge in [-0.3, -0.25) is 4.79 Å². The largest absolute Gasteiger partial charge is 0.508 e. The summed E-state index contributed by atoms with van der Waals surface area (Å²) in [5, 5.41) is 9.51. The molecule has 0 atom stereocenters. The molecule has 1 aromatic rings. The molecule has 0 aliphatic carbocycles. The molecular formula is C13H18O2. The smallest absolute Gasteiger partial charge is 0.138 e. The number of hydrogen-bond donors (Lipinski definition) is 1. The van der Waals surface area contributed by atoms with Crippen LogP contribution in [0.25, 0.3) is 0 Å². The highest BCUT2D eigenvalue weighted by Crippen LogP contribution is 2.21. The topological polar surface area (TPSA) is 37.3 Å². The van der Waals surface area contributed by atoms with Crippen molar-refractivity contribution in [2.45, 2.75) is 33.6 Å². The summed E-state index contributed by atoms with van der Waals surface area (Å²) in [4.78, 5) is 11.7. The Kier molecular flexibility index (Phi) is 3.51. The first-order valence-electron chi connectivity index (χ1n) is 5.21. The monoisotopic (exact) mass is 206 g/mol. The Morgan fingerprint density at radius 3 is 2.40 bits per heavy atom. The molecule has 0 saturated carbocycles. The molecule has 0 amide bonds. The third-order valence-electron chi connectivity index (χ3n) is 2.45. The number of hydrogen-bond acceptors (Lipinski definition) is 2. The number of aromatic hydroxyl groups is 1. The molecule has 82 valence electrons. The van der Waals surface area contributed by atoms with E-state index in [4.69, 9.17) is 0 Å². The highest BCUT2D eigenvalue weighted by atomic mass is 16.3. The fraction of sp³-hybridized carbons (Fsp3) is 0.462. The molecule has 0 spiro atoms. The number of benzene rings is 1. The van der Waals surface area contributed by atoms with Gasteiger partial charge in [0, 0.05) is 11.8 Å². The van der Waals surface area contributed by atoms with Crippen LogP contribution in [-0.2, 0) is 11.2 Å². The van der Waals surface area contributed by atoms with E-state index in [0.29, 0.717) is 12.8 Å². The number of Topliss-reactive ketones (excluding diaryl/α,β-unsaturated/α-hetero) is 1. The van der Waals surface area contributed by atoms with Gasteiger partial charge in [-0.2, -0.15) is 0 Å². The SMILES string of the molecule is CC(C)(C)C(=O)CCc1ccccc1O. The van der Waals surface area contributed by atoms with Gasteiger partial charge < -0.3 is 5.11 Å². The molecule has 15 heavy (non-hydrogen) atoms. The minimum Gasteiger partial charge on any atom is -0.508 e. The number of carbonyl (C=O) groups is 1. The van der Waals surface area contributed by atoms with Crippen LogP contribution in [0.1, 0.15) is 32.8 Å². The summed E-state index contributed by atoms with van der Waals surface area (Å²) < 4.78 is 0. The molecule has 0 fully saturated rings. The summed E-state index contributed by atoms with van der Waals surface area (Å²) in [6, 6.07) is 7.16. The molecule has 0 aliphatic heterocycles. The van der Waals surface area contributed by atoms with E-state index in [-0.39, 0.29) is 16.9 Å². The third kappa shape index (κ3) is 3.39. The number of phenolic OH excluding ortho intramolecular Hbond substituents is 1. The molecule has 2 nitrogen and oxygen atoms in total. The van der Waals surface area contributed by atoms with E-state index in [0.717, 1.165) is 5.56 Å². The standard InChI is InChI=1S/C13H18O2/c1-13(2,3)12(15)9-8-10-6-4-5-7-11(10)14/h4-7,14H,8-9H2,1-3H3. The van der Waals surface area contributed by atoms with Crippen molar-refractivity contribution in [3.8, 4) is 5.75 Å². The van der Waals surface area contributed by atoms with Crippen LogP contribution in [-0.4, -0.2) is 10.9 Å². The summed E-state index contributed by atoms with van der Waals surface area (Å²) in [6.07, 6.45) is 1.10. The second-order valence-electron chi connectivity index (χ2n) is 4.80. The maximum Gasteiger partial charge on any atom is 0.138 e. The first kappa shape index (κ1) is 11.8. The van der Waals surface area contributed by atoms with Crippen LogP contribution in [0.15, 0.2) is 24.3 Å². The zero-order valence-electron chi connectivity index (χ0n) is 9.58. The number of aryl methyl sites for hydroxylation is 1. The first-order chi connectivity index (χ1) is 6.91. The van der Waals surface area contributed by atoms with Crippen molar-refractivity contribution in [2.24, 2.45) is 5.41 Å². The fourth-order valence-corrected chi connectivity index (χ4v) is 1.35.